The van der Waals surface area contributed by atoms with Crippen LogP contribution in [0.15, 0.2) is 41.4 Å². The van der Waals surface area contributed by atoms with Gasteiger partial charge in [0.25, 0.3) is 5.91 Å². The van der Waals surface area contributed by atoms with E-state index in [2.05, 4.69) is 4.99 Å². The summed E-state index contributed by atoms with van der Waals surface area (Å²) in [6.45, 7) is 3.67. The topological polar surface area (TPSA) is 71.3 Å². The molecule has 0 spiro atoms. The molecule has 8 heteroatoms. The molecular formula is C22H26N2O5S. The molecule has 160 valence electrons. The number of hydrogen-bond acceptors (Lipinski definition) is 6. The van der Waals surface area contributed by atoms with Crippen LogP contribution in [0.4, 0.5) is 0 Å². The quantitative estimate of drug-likeness (QED) is 0.520. The molecule has 0 saturated carbocycles. The normalized spacial score (nSPS) is 11.7. The van der Waals surface area contributed by atoms with Gasteiger partial charge in [-0.25, -0.2) is 0 Å². The lowest BCUT2D eigenvalue weighted by molar-refractivity contribution is -0.117. The first-order valence-corrected chi connectivity index (χ1v) is 10.4. The maximum Gasteiger partial charge on any atom is 0.252 e. The monoisotopic (exact) mass is 430 g/mol. The highest BCUT2D eigenvalue weighted by Gasteiger charge is 2.12. The number of amides is 1. The number of ether oxygens (including phenoxy) is 4. The highest BCUT2D eigenvalue weighted by Crippen LogP contribution is 2.26. The summed E-state index contributed by atoms with van der Waals surface area (Å²) in [5, 5.41) is 0. The lowest BCUT2D eigenvalue weighted by Crippen LogP contribution is -2.19. The van der Waals surface area contributed by atoms with Crippen molar-refractivity contribution < 1.29 is 23.7 Å². The minimum atomic E-state index is -0.249. The van der Waals surface area contributed by atoms with Gasteiger partial charge in [-0.15, -0.1) is 0 Å². The predicted molar refractivity (Wildman–Crippen MR) is 117 cm³/mol. The first-order chi connectivity index (χ1) is 14.6. The van der Waals surface area contributed by atoms with E-state index in [4.69, 9.17) is 18.9 Å². The van der Waals surface area contributed by atoms with Crippen molar-refractivity contribution in [3.63, 3.8) is 0 Å². The highest BCUT2D eigenvalue weighted by atomic mass is 32.1. The van der Waals surface area contributed by atoms with E-state index in [0.29, 0.717) is 36.1 Å². The molecule has 1 amide bonds. The Balaban J connectivity index is 1.96. The van der Waals surface area contributed by atoms with E-state index in [1.54, 1.807) is 33.5 Å². The summed E-state index contributed by atoms with van der Waals surface area (Å²) in [5.41, 5.74) is 1.75. The van der Waals surface area contributed by atoms with Crippen LogP contribution < -0.4 is 19.0 Å². The van der Waals surface area contributed by atoms with E-state index >= 15 is 0 Å². The van der Waals surface area contributed by atoms with E-state index in [-0.39, 0.29) is 12.3 Å². The lowest BCUT2D eigenvalue weighted by Gasteiger charge is -2.09. The number of carbonyl (C=O) groups excluding carboxylic acids is 1. The summed E-state index contributed by atoms with van der Waals surface area (Å²) in [4.78, 5) is 17.8. The molecule has 1 aromatic heterocycles. The Bertz CT molecular complexity index is 1090. The number of carbonyl (C=O) groups is 1. The van der Waals surface area contributed by atoms with Crippen molar-refractivity contribution in [2.75, 3.05) is 34.5 Å². The molecule has 0 aliphatic rings. The fourth-order valence-electron chi connectivity index (χ4n) is 3.10. The number of hydrogen-bond donors (Lipinski definition) is 0. The molecule has 0 atom stereocenters. The maximum absolute atomic E-state index is 12.8. The molecule has 3 aromatic rings. The van der Waals surface area contributed by atoms with E-state index in [9.17, 15) is 4.79 Å². The van der Waals surface area contributed by atoms with E-state index < -0.39 is 0 Å². The number of thiazole rings is 1. The Hall–Kier alpha value is -2.84. The molecule has 2 aromatic carbocycles. The third kappa shape index (κ3) is 5.01. The Labute approximate surface area is 179 Å². The predicted octanol–water partition coefficient (Wildman–Crippen LogP) is 3.44. The Morgan fingerprint density at radius 2 is 1.87 bits per heavy atom. The molecule has 0 aliphatic heterocycles. The van der Waals surface area contributed by atoms with Gasteiger partial charge in [0.2, 0.25) is 0 Å². The maximum atomic E-state index is 12.8. The minimum Gasteiger partial charge on any atom is -0.497 e. The van der Waals surface area contributed by atoms with Gasteiger partial charge in [-0.05, 0) is 31.2 Å². The molecule has 3 rings (SSSR count). The van der Waals surface area contributed by atoms with Gasteiger partial charge in [0.15, 0.2) is 4.80 Å². The van der Waals surface area contributed by atoms with Crippen molar-refractivity contribution in [3.8, 4) is 17.2 Å². The summed E-state index contributed by atoms with van der Waals surface area (Å²) < 4.78 is 24.5. The number of aromatic nitrogens is 1. The van der Waals surface area contributed by atoms with Crippen LogP contribution in [0.1, 0.15) is 12.5 Å². The number of benzene rings is 2. The highest BCUT2D eigenvalue weighted by molar-refractivity contribution is 7.16. The largest absolute Gasteiger partial charge is 0.497 e. The van der Waals surface area contributed by atoms with Crippen molar-refractivity contribution >= 4 is 27.5 Å². The van der Waals surface area contributed by atoms with Gasteiger partial charge in [0.05, 0.1) is 44.1 Å². The molecule has 0 fully saturated rings. The van der Waals surface area contributed by atoms with Crippen LogP contribution in [0, 0.1) is 0 Å². The van der Waals surface area contributed by atoms with Gasteiger partial charge >= 0.3 is 0 Å². The second kappa shape index (κ2) is 10.3. The molecule has 0 N–H and O–H groups in total. The van der Waals surface area contributed by atoms with Crippen LogP contribution >= 0.6 is 11.3 Å². The van der Waals surface area contributed by atoms with Gasteiger partial charge in [-0.2, -0.15) is 4.99 Å². The summed E-state index contributed by atoms with van der Waals surface area (Å²) >= 11 is 1.46. The zero-order valence-corrected chi connectivity index (χ0v) is 18.5. The van der Waals surface area contributed by atoms with Crippen LogP contribution in [0.25, 0.3) is 10.2 Å². The fraction of sp³-hybridized carbons (Fsp3) is 0.364. The zero-order valence-electron chi connectivity index (χ0n) is 17.6. The third-order valence-corrected chi connectivity index (χ3v) is 5.58. The number of methoxy groups -OCH3 is 3. The molecule has 0 radical (unpaired) electrons. The number of rotatable bonds is 9. The van der Waals surface area contributed by atoms with Crippen molar-refractivity contribution in [1.29, 1.82) is 0 Å². The number of nitrogens with zero attached hydrogens (tertiary/aromatic N) is 2. The fourth-order valence-corrected chi connectivity index (χ4v) is 4.20. The van der Waals surface area contributed by atoms with Gasteiger partial charge in [-0.3, -0.25) is 4.79 Å². The number of fused-ring (bicyclic) bond motifs is 1. The van der Waals surface area contributed by atoms with Crippen molar-refractivity contribution in [3.05, 3.63) is 46.8 Å². The Kier molecular flexibility index (Phi) is 7.48. The Morgan fingerprint density at radius 1 is 1.07 bits per heavy atom. The van der Waals surface area contributed by atoms with E-state index in [1.807, 2.05) is 35.8 Å². The average molecular weight is 431 g/mol. The van der Waals surface area contributed by atoms with Crippen molar-refractivity contribution in [1.82, 2.24) is 4.57 Å². The molecule has 1 heterocycles. The average Bonchev–Trinajstić information content (AvgIpc) is 3.08. The van der Waals surface area contributed by atoms with E-state index in [1.165, 1.54) is 11.3 Å². The summed E-state index contributed by atoms with van der Waals surface area (Å²) in [6, 6.07) is 11.3. The Morgan fingerprint density at radius 3 is 2.57 bits per heavy atom. The SMILES string of the molecule is CCOc1ccc2c(c1)sc(=NC(=O)Cc1ccc(OC)cc1OC)n2CCOC. The lowest BCUT2D eigenvalue weighted by atomic mass is 10.1. The van der Waals surface area contributed by atoms with Crippen LogP contribution in [0.3, 0.4) is 0 Å². The van der Waals surface area contributed by atoms with Crippen molar-refractivity contribution in [2.24, 2.45) is 4.99 Å². The zero-order chi connectivity index (χ0) is 21.5. The van der Waals surface area contributed by atoms with Gasteiger partial charge < -0.3 is 23.5 Å². The van der Waals surface area contributed by atoms with Gasteiger partial charge in [0, 0.05) is 25.3 Å². The standard InChI is InChI=1S/C22H26N2O5S/c1-5-29-17-8-9-18-20(14-17)30-22(24(18)10-11-26-2)23-21(25)12-15-6-7-16(27-3)13-19(15)28-4/h6-9,13-14H,5,10-12H2,1-4H3. The molecule has 0 aliphatic carbocycles. The van der Waals surface area contributed by atoms with Crippen LogP contribution in [0.5, 0.6) is 17.2 Å². The summed E-state index contributed by atoms with van der Waals surface area (Å²) in [6.07, 6.45) is 0.135. The van der Waals surface area contributed by atoms with Crippen LogP contribution in [-0.2, 0) is 22.5 Å². The molecule has 0 unspecified atom stereocenters. The second-order valence-corrected chi connectivity index (χ2v) is 7.46. The first kappa shape index (κ1) is 21.9. The van der Waals surface area contributed by atoms with Gasteiger partial charge in [-0.1, -0.05) is 17.4 Å². The minimum absolute atomic E-state index is 0.135. The van der Waals surface area contributed by atoms with Crippen LogP contribution in [0.2, 0.25) is 0 Å². The molecular weight excluding hydrogens is 404 g/mol. The molecule has 0 bridgehead atoms. The van der Waals surface area contributed by atoms with Gasteiger partial charge in [0.1, 0.15) is 17.2 Å². The molecule has 30 heavy (non-hydrogen) atoms. The van der Waals surface area contributed by atoms with E-state index in [0.717, 1.165) is 21.5 Å². The molecule has 7 nitrogen and oxygen atoms in total. The summed E-state index contributed by atoms with van der Waals surface area (Å²) in [7, 11) is 4.81. The summed E-state index contributed by atoms with van der Waals surface area (Å²) in [5.74, 6) is 1.82. The van der Waals surface area contributed by atoms with Crippen molar-refractivity contribution in [2.45, 2.75) is 19.9 Å². The molecule has 0 saturated heterocycles. The first-order valence-electron chi connectivity index (χ1n) is 9.63. The second-order valence-electron chi connectivity index (χ2n) is 6.45. The smallest absolute Gasteiger partial charge is 0.252 e. The third-order valence-electron chi connectivity index (χ3n) is 4.54. The van der Waals surface area contributed by atoms with Crippen LogP contribution in [-0.4, -0.2) is 45.0 Å².